The van der Waals surface area contributed by atoms with Gasteiger partial charge in [0.15, 0.2) is 0 Å². The fourth-order valence-electron chi connectivity index (χ4n) is 2.63. The molecular formula is C16H22N2O2. The summed E-state index contributed by atoms with van der Waals surface area (Å²) in [6.07, 6.45) is 1.36. The maximum Gasteiger partial charge on any atom is 0.223 e. The highest BCUT2D eigenvalue weighted by Gasteiger charge is 2.31. The van der Waals surface area contributed by atoms with Crippen molar-refractivity contribution in [2.24, 2.45) is 0 Å². The Morgan fingerprint density at radius 1 is 1.40 bits per heavy atom. The van der Waals surface area contributed by atoms with Gasteiger partial charge in [0, 0.05) is 37.5 Å². The summed E-state index contributed by atoms with van der Waals surface area (Å²) in [5.74, 6) is 0.186. The van der Waals surface area contributed by atoms with Crippen LogP contribution in [0.25, 0.3) is 0 Å². The number of rotatable bonds is 4. The van der Waals surface area contributed by atoms with E-state index in [0.29, 0.717) is 13.0 Å². The molecule has 2 unspecified atom stereocenters. The second-order valence-corrected chi connectivity index (χ2v) is 5.47. The average molecular weight is 274 g/mol. The molecule has 0 fully saturated rings. The lowest BCUT2D eigenvalue weighted by Gasteiger charge is -2.16. The van der Waals surface area contributed by atoms with Gasteiger partial charge >= 0.3 is 0 Å². The van der Waals surface area contributed by atoms with Gasteiger partial charge in [0.25, 0.3) is 0 Å². The summed E-state index contributed by atoms with van der Waals surface area (Å²) >= 11 is 0. The molecule has 0 spiro atoms. The number of carbonyl (C=O) groups excluding carboxylic acids is 2. The molecule has 1 aromatic rings. The Hall–Kier alpha value is -1.84. The first-order valence-corrected chi connectivity index (χ1v) is 7.19. The van der Waals surface area contributed by atoms with Gasteiger partial charge in [-0.05, 0) is 25.0 Å². The van der Waals surface area contributed by atoms with Crippen LogP contribution in [0, 0.1) is 0 Å². The standard InChI is InChI=1S/C16H22N2O2/c1-4-11(2)17-16(20)9-13-10-18(12(3)19)15-8-6-5-7-14(13)15/h5-8,11,13H,4,9-10H2,1-3H3,(H,17,20). The normalized spacial score (nSPS) is 18.6. The van der Waals surface area contributed by atoms with Gasteiger partial charge in [-0.1, -0.05) is 25.1 Å². The molecule has 0 saturated carbocycles. The zero-order valence-electron chi connectivity index (χ0n) is 12.3. The Morgan fingerprint density at radius 3 is 2.75 bits per heavy atom. The highest BCUT2D eigenvalue weighted by Crippen LogP contribution is 2.37. The predicted molar refractivity (Wildman–Crippen MR) is 79.7 cm³/mol. The van der Waals surface area contributed by atoms with Crippen LogP contribution in [-0.4, -0.2) is 24.4 Å². The molecule has 2 atom stereocenters. The number of benzene rings is 1. The summed E-state index contributed by atoms with van der Waals surface area (Å²) in [6, 6.07) is 8.05. The maximum absolute atomic E-state index is 12.0. The van der Waals surface area contributed by atoms with Crippen LogP contribution in [0.1, 0.15) is 45.1 Å². The number of nitrogens with zero attached hydrogens (tertiary/aromatic N) is 1. The molecule has 0 bridgehead atoms. The van der Waals surface area contributed by atoms with E-state index in [1.807, 2.05) is 38.1 Å². The third-order valence-corrected chi connectivity index (χ3v) is 3.90. The van der Waals surface area contributed by atoms with E-state index in [2.05, 4.69) is 5.32 Å². The van der Waals surface area contributed by atoms with Gasteiger partial charge in [-0.25, -0.2) is 0 Å². The summed E-state index contributed by atoms with van der Waals surface area (Å²) in [5.41, 5.74) is 2.04. The highest BCUT2D eigenvalue weighted by atomic mass is 16.2. The molecule has 1 N–H and O–H groups in total. The van der Waals surface area contributed by atoms with E-state index >= 15 is 0 Å². The number of fused-ring (bicyclic) bond motifs is 1. The number of hydrogen-bond donors (Lipinski definition) is 1. The average Bonchev–Trinajstić information content (AvgIpc) is 2.78. The SMILES string of the molecule is CCC(C)NC(=O)CC1CN(C(C)=O)c2ccccc21. The highest BCUT2D eigenvalue weighted by molar-refractivity contribution is 5.94. The number of para-hydroxylation sites is 1. The van der Waals surface area contributed by atoms with Crippen LogP contribution < -0.4 is 10.2 Å². The van der Waals surface area contributed by atoms with Crippen molar-refractivity contribution >= 4 is 17.5 Å². The van der Waals surface area contributed by atoms with Crippen LogP contribution in [0.5, 0.6) is 0 Å². The number of amides is 2. The molecule has 1 aliphatic heterocycles. The molecule has 1 heterocycles. The zero-order chi connectivity index (χ0) is 14.7. The van der Waals surface area contributed by atoms with Crippen molar-refractivity contribution in [3.8, 4) is 0 Å². The van der Waals surface area contributed by atoms with E-state index in [-0.39, 0.29) is 23.8 Å². The summed E-state index contributed by atoms with van der Waals surface area (Å²) in [4.78, 5) is 25.5. The van der Waals surface area contributed by atoms with Crippen LogP contribution in [0.3, 0.4) is 0 Å². The lowest BCUT2D eigenvalue weighted by molar-refractivity contribution is -0.122. The largest absolute Gasteiger partial charge is 0.354 e. The van der Waals surface area contributed by atoms with E-state index in [0.717, 1.165) is 17.7 Å². The van der Waals surface area contributed by atoms with E-state index < -0.39 is 0 Å². The Bertz CT molecular complexity index is 513. The molecule has 4 heteroatoms. The van der Waals surface area contributed by atoms with Gasteiger partial charge in [-0.2, -0.15) is 0 Å². The van der Waals surface area contributed by atoms with E-state index in [9.17, 15) is 9.59 Å². The summed E-state index contributed by atoms with van der Waals surface area (Å²) in [6.45, 7) is 6.22. The van der Waals surface area contributed by atoms with Crippen molar-refractivity contribution in [2.45, 2.75) is 45.6 Å². The number of nitrogens with one attached hydrogen (secondary N) is 1. The van der Waals surface area contributed by atoms with Crippen molar-refractivity contribution in [2.75, 3.05) is 11.4 Å². The first-order chi connectivity index (χ1) is 9.52. The van der Waals surface area contributed by atoms with Gasteiger partial charge in [0.05, 0.1) is 0 Å². The topological polar surface area (TPSA) is 49.4 Å². The molecule has 20 heavy (non-hydrogen) atoms. The molecule has 108 valence electrons. The van der Waals surface area contributed by atoms with Crippen LogP contribution in [0.15, 0.2) is 24.3 Å². The molecule has 4 nitrogen and oxygen atoms in total. The number of carbonyl (C=O) groups is 2. The molecule has 0 saturated heterocycles. The molecule has 0 aromatic heterocycles. The molecule has 1 aliphatic rings. The minimum Gasteiger partial charge on any atom is -0.354 e. The summed E-state index contributed by atoms with van der Waals surface area (Å²) in [7, 11) is 0. The third kappa shape index (κ3) is 3.00. The monoisotopic (exact) mass is 274 g/mol. The number of anilines is 1. The molecule has 0 aliphatic carbocycles. The van der Waals surface area contributed by atoms with Gasteiger partial charge in [0.2, 0.25) is 11.8 Å². The summed E-state index contributed by atoms with van der Waals surface area (Å²) in [5, 5.41) is 2.99. The van der Waals surface area contributed by atoms with Gasteiger partial charge in [0.1, 0.15) is 0 Å². The minimum absolute atomic E-state index is 0.0299. The molecule has 2 rings (SSSR count). The van der Waals surface area contributed by atoms with Crippen LogP contribution >= 0.6 is 0 Å². The molecule has 1 aromatic carbocycles. The van der Waals surface area contributed by atoms with E-state index in [4.69, 9.17) is 0 Å². The minimum atomic E-state index is 0.0299. The lowest BCUT2D eigenvalue weighted by Crippen LogP contribution is -2.34. The lowest BCUT2D eigenvalue weighted by atomic mass is 9.97. The molecular weight excluding hydrogens is 252 g/mol. The maximum atomic E-state index is 12.0. The van der Waals surface area contributed by atoms with Crippen LogP contribution in [0.2, 0.25) is 0 Å². The van der Waals surface area contributed by atoms with Crippen molar-refractivity contribution in [3.05, 3.63) is 29.8 Å². The summed E-state index contributed by atoms with van der Waals surface area (Å²) < 4.78 is 0. The first-order valence-electron chi connectivity index (χ1n) is 7.19. The second-order valence-electron chi connectivity index (χ2n) is 5.47. The zero-order valence-corrected chi connectivity index (χ0v) is 12.3. The third-order valence-electron chi connectivity index (χ3n) is 3.90. The van der Waals surface area contributed by atoms with Gasteiger partial charge < -0.3 is 10.2 Å². The smallest absolute Gasteiger partial charge is 0.223 e. The molecule has 2 amide bonds. The Labute approximate surface area is 120 Å². The van der Waals surface area contributed by atoms with Crippen LogP contribution in [0.4, 0.5) is 5.69 Å². The van der Waals surface area contributed by atoms with Crippen molar-refractivity contribution in [3.63, 3.8) is 0 Å². The Balaban J connectivity index is 2.11. The second kappa shape index (κ2) is 6.07. The number of hydrogen-bond acceptors (Lipinski definition) is 2. The Morgan fingerprint density at radius 2 is 2.10 bits per heavy atom. The van der Waals surface area contributed by atoms with Crippen molar-refractivity contribution in [1.82, 2.24) is 5.32 Å². The van der Waals surface area contributed by atoms with E-state index in [1.165, 1.54) is 0 Å². The van der Waals surface area contributed by atoms with Gasteiger partial charge in [-0.3, -0.25) is 9.59 Å². The van der Waals surface area contributed by atoms with Gasteiger partial charge in [-0.15, -0.1) is 0 Å². The van der Waals surface area contributed by atoms with Crippen LogP contribution in [-0.2, 0) is 9.59 Å². The fourth-order valence-corrected chi connectivity index (χ4v) is 2.63. The Kier molecular flexibility index (Phi) is 4.42. The fraction of sp³-hybridized carbons (Fsp3) is 0.500. The molecule has 0 radical (unpaired) electrons. The predicted octanol–water partition coefficient (Wildman–Crippen LogP) is 2.44. The van der Waals surface area contributed by atoms with Crippen molar-refractivity contribution < 1.29 is 9.59 Å². The quantitative estimate of drug-likeness (QED) is 0.916. The van der Waals surface area contributed by atoms with Crippen molar-refractivity contribution in [1.29, 1.82) is 0 Å². The first kappa shape index (κ1) is 14.6. The van der Waals surface area contributed by atoms with E-state index in [1.54, 1.807) is 11.8 Å².